The van der Waals surface area contributed by atoms with E-state index in [0.29, 0.717) is 23.9 Å². The van der Waals surface area contributed by atoms with Crippen LogP contribution >= 0.6 is 0 Å². The Bertz CT molecular complexity index is 252. The van der Waals surface area contributed by atoms with Crippen LogP contribution in [0.1, 0.15) is 33.6 Å². The van der Waals surface area contributed by atoms with Crippen LogP contribution in [0.25, 0.3) is 0 Å². The quantitative estimate of drug-likeness (QED) is 0.733. The first-order valence-electron chi connectivity index (χ1n) is 6.13. The predicted octanol–water partition coefficient (Wildman–Crippen LogP) is 1.15. The first-order valence-corrected chi connectivity index (χ1v) is 6.13. The summed E-state index contributed by atoms with van der Waals surface area (Å²) < 4.78 is 0. The number of amides is 1. The molecule has 0 radical (unpaired) electrons. The maximum absolute atomic E-state index is 12.0. The molecule has 4 unspecified atom stereocenters. The fourth-order valence-electron chi connectivity index (χ4n) is 2.53. The standard InChI is InChI=1S/C12H22N2O/c1-7(2)11-9(4-5-13-11)12(15)14-10-6-8(10)3/h7-11,13H,4-6H2,1-3H3,(H,14,15). The molecule has 1 aliphatic heterocycles. The molecule has 1 aliphatic carbocycles. The topological polar surface area (TPSA) is 41.1 Å². The van der Waals surface area contributed by atoms with Crippen LogP contribution in [0.4, 0.5) is 0 Å². The Balaban J connectivity index is 1.88. The Morgan fingerprint density at radius 2 is 2.13 bits per heavy atom. The van der Waals surface area contributed by atoms with E-state index >= 15 is 0 Å². The zero-order chi connectivity index (χ0) is 11.0. The summed E-state index contributed by atoms with van der Waals surface area (Å²) >= 11 is 0. The van der Waals surface area contributed by atoms with Crippen molar-refractivity contribution in [1.82, 2.24) is 10.6 Å². The normalized spacial score (nSPS) is 39.5. The molecule has 4 atom stereocenters. The van der Waals surface area contributed by atoms with E-state index in [1.165, 1.54) is 0 Å². The molecule has 0 spiro atoms. The van der Waals surface area contributed by atoms with Gasteiger partial charge in [0.15, 0.2) is 0 Å². The van der Waals surface area contributed by atoms with Gasteiger partial charge in [0, 0.05) is 12.1 Å². The molecule has 2 rings (SSSR count). The van der Waals surface area contributed by atoms with Crippen LogP contribution < -0.4 is 10.6 Å². The van der Waals surface area contributed by atoms with Crippen LogP contribution in [-0.4, -0.2) is 24.5 Å². The number of hydrogen-bond donors (Lipinski definition) is 2. The second kappa shape index (κ2) is 4.12. The lowest BCUT2D eigenvalue weighted by Gasteiger charge is -2.22. The van der Waals surface area contributed by atoms with Crippen LogP contribution in [0.5, 0.6) is 0 Å². The molecule has 0 aromatic carbocycles. The van der Waals surface area contributed by atoms with Crippen molar-refractivity contribution < 1.29 is 4.79 Å². The molecular weight excluding hydrogens is 188 g/mol. The Kier molecular flexibility index (Phi) is 3.01. The zero-order valence-corrected chi connectivity index (χ0v) is 9.92. The summed E-state index contributed by atoms with van der Waals surface area (Å²) in [7, 11) is 0. The molecule has 1 saturated carbocycles. The van der Waals surface area contributed by atoms with E-state index in [0.717, 1.165) is 19.4 Å². The highest BCUT2D eigenvalue weighted by molar-refractivity contribution is 5.80. The van der Waals surface area contributed by atoms with E-state index in [1.54, 1.807) is 0 Å². The summed E-state index contributed by atoms with van der Waals surface area (Å²) in [6.45, 7) is 7.55. The SMILES string of the molecule is CC(C)C1NCCC1C(=O)NC1CC1C. The zero-order valence-electron chi connectivity index (χ0n) is 9.92. The summed E-state index contributed by atoms with van der Waals surface area (Å²) in [5.74, 6) is 1.70. The Morgan fingerprint density at radius 1 is 1.47 bits per heavy atom. The molecule has 2 fully saturated rings. The number of carbonyl (C=O) groups is 1. The number of nitrogens with one attached hydrogen (secondary N) is 2. The van der Waals surface area contributed by atoms with Crippen molar-refractivity contribution in [3.8, 4) is 0 Å². The smallest absolute Gasteiger partial charge is 0.224 e. The van der Waals surface area contributed by atoms with Gasteiger partial charge in [0.1, 0.15) is 0 Å². The van der Waals surface area contributed by atoms with E-state index in [-0.39, 0.29) is 11.8 Å². The van der Waals surface area contributed by atoms with E-state index in [2.05, 4.69) is 31.4 Å². The van der Waals surface area contributed by atoms with Gasteiger partial charge in [-0.05, 0) is 31.2 Å². The van der Waals surface area contributed by atoms with Gasteiger partial charge in [0.25, 0.3) is 0 Å². The van der Waals surface area contributed by atoms with Gasteiger partial charge in [-0.15, -0.1) is 0 Å². The molecule has 0 bridgehead atoms. The molecule has 0 aromatic rings. The van der Waals surface area contributed by atoms with Crippen LogP contribution in [0, 0.1) is 17.8 Å². The Morgan fingerprint density at radius 3 is 2.67 bits per heavy atom. The second-order valence-corrected chi connectivity index (χ2v) is 5.45. The van der Waals surface area contributed by atoms with E-state index in [1.807, 2.05) is 0 Å². The van der Waals surface area contributed by atoms with Crippen molar-refractivity contribution in [3.05, 3.63) is 0 Å². The highest BCUT2D eigenvalue weighted by atomic mass is 16.2. The highest BCUT2D eigenvalue weighted by Crippen LogP contribution is 2.30. The first-order chi connectivity index (χ1) is 7.09. The fraction of sp³-hybridized carbons (Fsp3) is 0.917. The lowest BCUT2D eigenvalue weighted by Crippen LogP contribution is -2.42. The van der Waals surface area contributed by atoms with E-state index in [4.69, 9.17) is 0 Å². The van der Waals surface area contributed by atoms with Crippen molar-refractivity contribution in [2.45, 2.75) is 45.7 Å². The van der Waals surface area contributed by atoms with Gasteiger partial charge in [-0.1, -0.05) is 20.8 Å². The maximum atomic E-state index is 12.0. The second-order valence-electron chi connectivity index (χ2n) is 5.45. The largest absolute Gasteiger partial charge is 0.353 e. The molecule has 3 heteroatoms. The minimum absolute atomic E-state index is 0.192. The van der Waals surface area contributed by atoms with Gasteiger partial charge in [-0.25, -0.2) is 0 Å². The van der Waals surface area contributed by atoms with Gasteiger partial charge < -0.3 is 10.6 Å². The van der Waals surface area contributed by atoms with Gasteiger partial charge >= 0.3 is 0 Å². The lowest BCUT2D eigenvalue weighted by atomic mass is 9.91. The van der Waals surface area contributed by atoms with Gasteiger partial charge in [0.05, 0.1) is 5.92 Å². The average molecular weight is 210 g/mol. The molecule has 1 heterocycles. The predicted molar refractivity (Wildman–Crippen MR) is 60.4 cm³/mol. The Labute approximate surface area is 92.0 Å². The third-order valence-electron chi connectivity index (χ3n) is 3.76. The summed E-state index contributed by atoms with van der Waals surface area (Å²) in [5.41, 5.74) is 0. The lowest BCUT2D eigenvalue weighted by molar-refractivity contribution is -0.125. The van der Waals surface area contributed by atoms with E-state index in [9.17, 15) is 4.79 Å². The average Bonchev–Trinajstić information content (AvgIpc) is 2.71. The van der Waals surface area contributed by atoms with E-state index < -0.39 is 0 Å². The minimum Gasteiger partial charge on any atom is -0.353 e. The van der Waals surface area contributed by atoms with Gasteiger partial charge in [-0.3, -0.25) is 4.79 Å². The van der Waals surface area contributed by atoms with Crippen molar-refractivity contribution in [3.63, 3.8) is 0 Å². The minimum atomic E-state index is 0.192. The highest BCUT2D eigenvalue weighted by Gasteiger charge is 2.39. The third kappa shape index (κ3) is 2.33. The van der Waals surface area contributed by atoms with Crippen molar-refractivity contribution >= 4 is 5.91 Å². The molecule has 0 aromatic heterocycles. The fourth-order valence-corrected chi connectivity index (χ4v) is 2.53. The summed E-state index contributed by atoms with van der Waals surface area (Å²) in [4.78, 5) is 12.0. The van der Waals surface area contributed by atoms with Crippen LogP contribution in [-0.2, 0) is 4.79 Å². The number of rotatable bonds is 3. The first kappa shape index (κ1) is 10.9. The van der Waals surface area contributed by atoms with Crippen molar-refractivity contribution in [2.24, 2.45) is 17.8 Å². The molecule has 2 aliphatic rings. The van der Waals surface area contributed by atoms with Crippen LogP contribution in [0.2, 0.25) is 0 Å². The number of hydrogen-bond acceptors (Lipinski definition) is 2. The number of carbonyl (C=O) groups excluding carboxylic acids is 1. The third-order valence-corrected chi connectivity index (χ3v) is 3.76. The molecule has 3 nitrogen and oxygen atoms in total. The summed E-state index contributed by atoms with van der Waals surface area (Å²) in [6.07, 6.45) is 2.16. The van der Waals surface area contributed by atoms with Crippen molar-refractivity contribution in [2.75, 3.05) is 6.54 Å². The summed E-state index contributed by atoms with van der Waals surface area (Å²) in [5, 5.41) is 6.58. The Hall–Kier alpha value is -0.570. The van der Waals surface area contributed by atoms with Crippen LogP contribution in [0.15, 0.2) is 0 Å². The molecule has 15 heavy (non-hydrogen) atoms. The molecular formula is C12H22N2O. The molecule has 2 N–H and O–H groups in total. The maximum Gasteiger partial charge on any atom is 0.224 e. The van der Waals surface area contributed by atoms with Gasteiger partial charge in [0.2, 0.25) is 5.91 Å². The molecule has 86 valence electrons. The molecule has 1 saturated heterocycles. The summed E-state index contributed by atoms with van der Waals surface area (Å²) in [6, 6.07) is 0.838. The van der Waals surface area contributed by atoms with Crippen molar-refractivity contribution in [1.29, 1.82) is 0 Å². The monoisotopic (exact) mass is 210 g/mol. The van der Waals surface area contributed by atoms with Gasteiger partial charge in [-0.2, -0.15) is 0 Å². The van der Waals surface area contributed by atoms with Crippen LogP contribution in [0.3, 0.4) is 0 Å². The molecule has 1 amide bonds.